The van der Waals surface area contributed by atoms with Gasteiger partial charge in [-0.15, -0.1) is 0 Å². The van der Waals surface area contributed by atoms with Gasteiger partial charge in [-0.25, -0.2) is 0 Å². The summed E-state index contributed by atoms with van der Waals surface area (Å²) in [7, 11) is 4.41. The summed E-state index contributed by atoms with van der Waals surface area (Å²) in [6.45, 7) is 3.38. The van der Waals surface area contributed by atoms with Crippen molar-refractivity contribution >= 4 is 11.8 Å². The number of methoxy groups -OCH3 is 3. The lowest BCUT2D eigenvalue weighted by atomic mass is 9.51. The SMILES string of the molecule is CCC1(C2CCNC2)C(c2ccc(C(F)(F)F)cc2)C(C(N)=O)(c2ccccc2)CCN1C(=O)c1cc(OC)c(OC)c(OC)c1. The minimum Gasteiger partial charge on any atom is -0.493 e. The number of hydrogen-bond acceptors (Lipinski definition) is 6. The average molecular weight is 640 g/mol. The molecule has 4 atom stereocenters. The molecule has 2 aliphatic heterocycles. The quantitative estimate of drug-likeness (QED) is 0.319. The summed E-state index contributed by atoms with van der Waals surface area (Å²) in [5.41, 5.74) is 4.68. The van der Waals surface area contributed by atoms with E-state index in [9.17, 15) is 22.8 Å². The zero-order chi connectivity index (χ0) is 33.3. The number of carbonyl (C=O) groups is 2. The van der Waals surface area contributed by atoms with Crippen LogP contribution in [0.15, 0.2) is 66.7 Å². The van der Waals surface area contributed by atoms with Gasteiger partial charge in [-0.3, -0.25) is 9.59 Å². The van der Waals surface area contributed by atoms with Gasteiger partial charge in [0.1, 0.15) is 0 Å². The van der Waals surface area contributed by atoms with E-state index in [2.05, 4.69) is 5.32 Å². The molecule has 3 aromatic rings. The maximum Gasteiger partial charge on any atom is 0.416 e. The van der Waals surface area contributed by atoms with Gasteiger partial charge >= 0.3 is 6.18 Å². The summed E-state index contributed by atoms with van der Waals surface area (Å²) in [4.78, 5) is 30.6. The molecule has 2 saturated heterocycles. The maximum atomic E-state index is 14.8. The zero-order valence-electron chi connectivity index (χ0n) is 26.4. The Morgan fingerprint density at radius 2 is 1.61 bits per heavy atom. The van der Waals surface area contributed by atoms with Gasteiger partial charge in [-0.2, -0.15) is 13.2 Å². The third-order valence-corrected chi connectivity index (χ3v) is 10.0. The van der Waals surface area contributed by atoms with E-state index in [1.807, 2.05) is 42.2 Å². The first-order valence-corrected chi connectivity index (χ1v) is 15.3. The Bertz CT molecular complexity index is 1530. The summed E-state index contributed by atoms with van der Waals surface area (Å²) in [5.74, 6) is -0.899. The minimum atomic E-state index is -4.54. The molecule has 0 spiro atoms. The molecule has 2 heterocycles. The van der Waals surface area contributed by atoms with Crippen molar-refractivity contribution in [2.24, 2.45) is 11.7 Å². The second kappa shape index (κ2) is 12.9. The van der Waals surface area contributed by atoms with E-state index < -0.39 is 34.5 Å². The fourth-order valence-corrected chi connectivity index (χ4v) is 7.99. The van der Waals surface area contributed by atoms with Crippen LogP contribution >= 0.6 is 0 Å². The summed E-state index contributed by atoms with van der Waals surface area (Å²) in [6.07, 6.45) is -3.29. The molecule has 0 radical (unpaired) electrons. The molecule has 0 aromatic heterocycles. The van der Waals surface area contributed by atoms with Gasteiger partial charge < -0.3 is 30.2 Å². The summed E-state index contributed by atoms with van der Waals surface area (Å²) in [5, 5.41) is 3.42. The van der Waals surface area contributed by atoms with Crippen LogP contribution in [0.4, 0.5) is 13.2 Å². The van der Waals surface area contributed by atoms with Crippen molar-refractivity contribution in [3.05, 3.63) is 89.0 Å². The average Bonchev–Trinajstić information content (AvgIpc) is 3.62. The molecule has 2 fully saturated rings. The fraction of sp³-hybridized carbons (Fsp3) is 0.429. The summed E-state index contributed by atoms with van der Waals surface area (Å²) >= 11 is 0. The lowest BCUT2D eigenvalue weighted by molar-refractivity contribution is -0.137. The number of ether oxygens (including phenoxy) is 3. The number of amides is 2. The van der Waals surface area contributed by atoms with Crippen molar-refractivity contribution in [2.45, 2.75) is 49.2 Å². The van der Waals surface area contributed by atoms with Gasteiger partial charge in [0, 0.05) is 24.6 Å². The fourth-order valence-electron chi connectivity index (χ4n) is 7.99. The minimum absolute atomic E-state index is 0.154. The zero-order valence-corrected chi connectivity index (χ0v) is 26.4. The van der Waals surface area contributed by atoms with Crippen molar-refractivity contribution in [1.82, 2.24) is 10.2 Å². The van der Waals surface area contributed by atoms with E-state index in [4.69, 9.17) is 19.9 Å². The molecule has 46 heavy (non-hydrogen) atoms. The number of nitrogens with zero attached hydrogens (tertiary/aromatic N) is 1. The number of benzene rings is 3. The summed E-state index contributed by atoms with van der Waals surface area (Å²) in [6, 6.07) is 17.3. The van der Waals surface area contributed by atoms with Crippen LogP contribution in [-0.4, -0.2) is 63.2 Å². The molecule has 246 valence electrons. The first kappa shape index (κ1) is 33.1. The normalized spacial score (nSPS) is 24.8. The second-order valence-corrected chi connectivity index (χ2v) is 11.9. The predicted molar refractivity (Wildman–Crippen MR) is 167 cm³/mol. The highest BCUT2D eigenvalue weighted by atomic mass is 19.4. The molecular weight excluding hydrogens is 599 g/mol. The van der Waals surface area contributed by atoms with Gasteiger partial charge in [0.25, 0.3) is 5.91 Å². The molecule has 2 aliphatic rings. The highest BCUT2D eigenvalue weighted by Crippen LogP contribution is 2.58. The maximum absolute atomic E-state index is 14.8. The number of nitrogens with two attached hydrogens (primary N) is 1. The van der Waals surface area contributed by atoms with E-state index in [1.54, 1.807) is 12.1 Å². The standard InChI is InChI=1S/C35H40F3N3O5/c1-5-34(26-15-17-40-21-26)30(22-11-13-25(14-12-22)35(36,37)38)33(32(39)43,24-9-7-6-8-10-24)16-18-41(34)31(42)23-19-27(44-2)29(46-4)28(20-23)45-3/h6-14,19-20,26,30,40H,5,15-18,21H2,1-4H3,(H2,39,43). The molecular formula is C35H40F3N3O5. The van der Waals surface area contributed by atoms with Crippen LogP contribution in [0.2, 0.25) is 0 Å². The molecule has 5 rings (SSSR count). The first-order valence-electron chi connectivity index (χ1n) is 15.3. The van der Waals surface area contributed by atoms with Gasteiger partial charge in [0.15, 0.2) is 11.5 Å². The number of alkyl halides is 3. The lowest BCUT2D eigenvalue weighted by Crippen LogP contribution is -2.70. The van der Waals surface area contributed by atoms with Crippen LogP contribution in [-0.2, 0) is 16.4 Å². The smallest absolute Gasteiger partial charge is 0.416 e. The lowest BCUT2D eigenvalue weighted by Gasteiger charge is -2.61. The largest absolute Gasteiger partial charge is 0.493 e. The number of piperidine rings is 1. The number of halogens is 3. The van der Waals surface area contributed by atoms with E-state index in [0.29, 0.717) is 54.3 Å². The number of hydrogen-bond donors (Lipinski definition) is 2. The van der Waals surface area contributed by atoms with Gasteiger partial charge in [-0.1, -0.05) is 49.4 Å². The van der Waals surface area contributed by atoms with Crippen LogP contribution in [0.3, 0.4) is 0 Å². The predicted octanol–water partition coefficient (Wildman–Crippen LogP) is 5.54. The third kappa shape index (κ3) is 5.34. The number of carbonyl (C=O) groups excluding carboxylic acids is 2. The molecule has 11 heteroatoms. The van der Waals surface area contributed by atoms with Gasteiger partial charge in [-0.05, 0) is 67.1 Å². The molecule has 0 saturated carbocycles. The first-order chi connectivity index (χ1) is 22.0. The van der Waals surface area contributed by atoms with Crippen LogP contribution in [0.5, 0.6) is 17.2 Å². The molecule has 0 bridgehead atoms. The highest BCUT2D eigenvalue weighted by molar-refractivity contribution is 5.97. The molecule has 2 amide bonds. The van der Waals surface area contributed by atoms with Crippen molar-refractivity contribution in [3.8, 4) is 17.2 Å². The highest BCUT2D eigenvalue weighted by Gasteiger charge is 2.64. The Balaban J connectivity index is 1.80. The molecule has 3 aromatic carbocycles. The number of primary amides is 1. The van der Waals surface area contributed by atoms with Crippen molar-refractivity contribution in [3.63, 3.8) is 0 Å². The Morgan fingerprint density at radius 1 is 0.978 bits per heavy atom. The van der Waals surface area contributed by atoms with Crippen LogP contribution < -0.4 is 25.3 Å². The third-order valence-electron chi connectivity index (χ3n) is 10.0. The molecule has 3 N–H and O–H groups in total. The Kier molecular flexibility index (Phi) is 9.26. The van der Waals surface area contributed by atoms with E-state index in [-0.39, 0.29) is 30.4 Å². The second-order valence-electron chi connectivity index (χ2n) is 11.9. The van der Waals surface area contributed by atoms with Gasteiger partial charge in [0.05, 0.1) is 37.8 Å². The van der Waals surface area contributed by atoms with E-state index in [1.165, 1.54) is 33.5 Å². The molecule has 0 aliphatic carbocycles. The number of likely N-dealkylation sites (tertiary alicyclic amines) is 1. The van der Waals surface area contributed by atoms with Gasteiger partial charge in [0.2, 0.25) is 11.7 Å². The Labute approximate surface area is 267 Å². The molecule has 4 unspecified atom stereocenters. The van der Waals surface area contributed by atoms with Crippen molar-refractivity contribution in [1.29, 1.82) is 0 Å². The monoisotopic (exact) mass is 639 g/mol. The van der Waals surface area contributed by atoms with E-state index >= 15 is 0 Å². The Hall–Kier alpha value is -4.25. The van der Waals surface area contributed by atoms with Crippen molar-refractivity contribution in [2.75, 3.05) is 41.0 Å². The van der Waals surface area contributed by atoms with Crippen LogP contribution in [0.1, 0.15) is 59.2 Å². The number of nitrogens with one attached hydrogen (secondary N) is 1. The van der Waals surface area contributed by atoms with E-state index in [0.717, 1.165) is 12.1 Å². The summed E-state index contributed by atoms with van der Waals surface area (Å²) < 4.78 is 57.8. The topological polar surface area (TPSA) is 103 Å². The Morgan fingerprint density at radius 3 is 2.09 bits per heavy atom. The van der Waals surface area contributed by atoms with Crippen LogP contribution in [0, 0.1) is 5.92 Å². The van der Waals surface area contributed by atoms with Crippen molar-refractivity contribution < 1.29 is 37.0 Å². The number of rotatable bonds is 9. The molecule has 8 nitrogen and oxygen atoms in total. The van der Waals surface area contributed by atoms with Crippen LogP contribution in [0.25, 0.3) is 0 Å².